The van der Waals surface area contributed by atoms with Gasteiger partial charge in [0.25, 0.3) is 10.0 Å². The monoisotopic (exact) mass is 516 g/mol. The van der Waals surface area contributed by atoms with Gasteiger partial charge in [0.05, 0.1) is 23.9 Å². The average Bonchev–Trinajstić information content (AvgIpc) is 3.54. The molecule has 1 aliphatic heterocycles. The molecule has 1 saturated heterocycles. The van der Waals surface area contributed by atoms with Gasteiger partial charge in [0.2, 0.25) is 0 Å². The number of benzene rings is 1. The van der Waals surface area contributed by atoms with Crippen LogP contribution in [0, 0.1) is 19.8 Å². The minimum absolute atomic E-state index is 0.0644. The summed E-state index contributed by atoms with van der Waals surface area (Å²) in [6.07, 6.45) is 3.03. The van der Waals surface area contributed by atoms with Crippen LogP contribution in [0.15, 0.2) is 53.8 Å². The van der Waals surface area contributed by atoms with Gasteiger partial charge in [-0.15, -0.1) is 11.3 Å². The lowest BCUT2D eigenvalue weighted by Crippen LogP contribution is -2.41. The highest BCUT2D eigenvalue weighted by atomic mass is 32.2. The number of rotatable bonds is 6. The van der Waals surface area contributed by atoms with Crippen LogP contribution in [0.2, 0.25) is 0 Å². The first kappa shape index (κ1) is 23.6. The minimum Gasteiger partial charge on any atom is -0.507 e. The lowest BCUT2D eigenvalue weighted by Gasteiger charge is -2.31. The van der Waals surface area contributed by atoms with Crippen molar-refractivity contribution in [2.24, 2.45) is 5.92 Å². The fraction of sp³-hybridized carbons (Fsp3) is 0.333. The predicted molar refractivity (Wildman–Crippen MR) is 130 cm³/mol. The van der Waals surface area contributed by atoms with Crippen LogP contribution in [0.1, 0.15) is 24.0 Å². The second kappa shape index (κ2) is 9.14. The van der Waals surface area contributed by atoms with Crippen LogP contribution in [0.25, 0.3) is 22.5 Å². The maximum absolute atomic E-state index is 12.8. The molecule has 184 valence electrons. The molecule has 4 heterocycles. The largest absolute Gasteiger partial charge is 0.507 e. The van der Waals surface area contributed by atoms with Crippen LogP contribution in [0.4, 0.5) is 0 Å². The first-order valence-corrected chi connectivity index (χ1v) is 13.4. The summed E-state index contributed by atoms with van der Waals surface area (Å²) in [5.74, 6) is 1.09. The van der Waals surface area contributed by atoms with Gasteiger partial charge in [-0.3, -0.25) is 4.98 Å². The molecule has 0 radical (unpaired) electrons. The van der Waals surface area contributed by atoms with E-state index in [0.29, 0.717) is 42.4 Å². The number of thiazole rings is 1. The number of sulfonamides is 1. The fourth-order valence-electron chi connectivity index (χ4n) is 4.24. The summed E-state index contributed by atoms with van der Waals surface area (Å²) in [4.78, 5) is 15.9. The van der Waals surface area contributed by atoms with E-state index in [-0.39, 0.29) is 27.2 Å². The molecule has 35 heavy (non-hydrogen) atoms. The van der Waals surface area contributed by atoms with E-state index in [1.54, 1.807) is 25.1 Å². The third-order valence-electron chi connectivity index (χ3n) is 6.23. The van der Waals surface area contributed by atoms with Gasteiger partial charge in [0.1, 0.15) is 17.1 Å². The molecule has 9 nitrogen and oxygen atoms in total. The van der Waals surface area contributed by atoms with Gasteiger partial charge in [0.15, 0.2) is 15.7 Å². The Morgan fingerprint density at radius 1 is 1.23 bits per heavy atom. The fourth-order valence-corrected chi connectivity index (χ4v) is 6.75. The number of ether oxygens (including phenoxy) is 1. The molecule has 1 aromatic carbocycles. The Bertz CT molecular complexity index is 1540. The number of aromatic nitrogens is 1. The van der Waals surface area contributed by atoms with E-state index in [4.69, 9.17) is 13.6 Å². The minimum atomic E-state index is -3.53. The molecule has 1 aliphatic rings. The molecule has 1 unspecified atom stereocenters. The molecule has 1 fully saturated rings. The van der Waals surface area contributed by atoms with Crippen LogP contribution < -0.4 is 10.4 Å². The summed E-state index contributed by atoms with van der Waals surface area (Å²) in [5.41, 5.74) is 2.05. The molecule has 1 N–H and O–H groups in total. The number of fused-ring (bicyclic) bond motifs is 1. The Morgan fingerprint density at radius 3 is 2.83 bits per heavy atom. The quantitative estimate of drug-likeness (QED) is 0.402. The highest BCUT2D eigenvalue weighted by Crippen LogP contribution is 2.35. The number of piperidine rings is 1. The standard InChI is InChI=1S/C24H24N2O7S2/c1-14-22(27)15(2)24(28)33-23(14)20-9-17-8-18(5-6-19(17)32-20)31-12-16-4-3-7-26(11-16)35(29,30)21-10-25-13-34-21/h5-6,8-10,13,16,27H,3-4,7,11-12H2,1-2H3. The second-order valence-corrected chi connectivity index (χ2v) is 11.7. The lowest BCUT2D eigenvalue weighted by molar-refractivity contribution is 0.180. The van der Waals surface area contributed by atoms with Crippen molar-refractivity contribution in [1.82, 2.24) is 9.29 Å². The van der Waals surface area contributed by atoms with Gasteiger partial charge >= 0.3 is 5.63 Å². The van der Waals surface area contributed by atoms with Crippen LogP contribution in [-0.4, -0.2) is 42.5 Å². The molecule has 11 heteroatoms. The van der Waals surface area contributed by atoms with Crippen molar-refractivity contribution in [2.45, 2.75) is 30.9 Å². The molecular weight excluding hydrogens is 492 g/mol. The van der Waals surface area contributed by atoms with Gasteiger partial charge in [-0.1, -0.05) is 0 Å². The SMILES string of the molecule is Cc1c(-c2cc3cc(OCC4CCCN(S(=O)(=O)c5cncs5)C4)ccc3o2)oc(=O)c(C)c1O. The van der Waals surface area contributed by atoms with Crippen molar-refractivity contribution < 1.29 is 27.1 Å². The van der Waals surface area contributed by atoms with Crippen molar-refractivity contribution in [3.05, 3.63) is 57.5 Å². The molecule has 0 bridgehead atoms. The summed E-state index contributed by atoms with van der Waals surface area (Å²) in [5, 5.41) is 10.9. The third kappa shape index (κ3) is 4.46. The molecule has 0 spiro atoms. The van der Waals surface area contributed by atoms with E-state index in [0.717, 1.165) is 29.6 Å². The zero-order valence-electron chi connectivity index (χ0n) is 19.2. The third-order valence-corrected chi connectivity index (χ3v) is 9.35. The Kier molecular flexibility index (Phi) is 6.16. The maximum atomic E-state index is 12.8. The molecule has 0 saturated carbocycles. The molecule has 0 amide bonds. The van der Waals surface area contributed by atoms with Gasteiger partial charge < -0.3 is 18.7 Å². The molecule has 0 aliphatic carbocycles. The zero-order valence-corrected chi connectivity index (χ0v) is 20.8. The molecule has 4 aromatic rings. The first-order valence-electron chi connectivity index (χ1n) is 11.1. The lowest BCUT2D eigenvalue weighted by atomic mass is 10.0. The van der Waals surface area contributed by atoms with E-state index in [1.807, 2.05) is 6.07 Å². The first-order chi connectivity index (χ1) is 16.7. The summed E-state index contributed by atoms with van der Waals surface area (Å²) in [7, 11) is -3.53. The molecule has 3 aromatic heterocycles. The number of aromatic hydroxyl groups is 1. The predicted octanol–water partition coefficient (Wildman–Crippen LogP) is 4.31. The van der Waals surface area contributed by atoms with Crippen molar-refractivity contribution in [3.63, 3.8) is 0 Å². The smallest absolute Gasteiger partial charge is 0.343 e. The van der Waals surface area contributed by atoms with Crippen molar-refractivity contribution in [2.75, 3.05) is 19.7 Å². The zero-order chi connectivity index (χ0) is 24.7. The number of furan rings is 1. The van der Waals surface area contributed by atoms with Gasteiger partial charge in [-0.05, 0) is 51.0 Å². The molecule has 5 rings (SSSR count). The van der Waals surface area contributed by atoms with Crippen molar-refractivity contribution in [3.8, 4) is 23.0 Å². The van der Waals surface area contributed by atoms with Crippen LogP contribution >= 0.6 is 11.3 Å². The summed E-state index contributed by atoms with van der Waals surface area (Å²) in [6, 6.07) is 7.09. The summed E-state index contributed by atoms with van der Waals surface area (Å²) < 4.78 is 44.6. The normalized spacial score (nSPS) is 17.1. The molecule has 1 atom stereocenters. The Labute approximate surface area is 205 Å². The van der Waals surface area contributed by atoms with Crippen LogP contribution in [0.5, 0.6) is 11.5 Å². The number of nitrogens with zero attached hydrogens (tertiary/aromatic N) is 2. The van der Waals surface area contributed by atoms with Gasteiger partial charge in [0, 0.05) is 30.0 Å². The van der Waals surface area contributed by atoms with Crippen molar-refractivity contribution in [1.29, 1.82) is 0 Å². The summed E-state index contributed by atoms with van der Waals surface area (Å²) in [6.45, 7) is 4.43. The van der Waals surface area contributed by atoms with E-state index in [9.17, 15) is 18.3 Å². The highest BCUT2D eigenvalue weighted by Gasteiger charge is 2.31. The van der Waals surface area contributed by atoms with Gasteiger partial charge in [-0.25, -0.2) is 13.2 Å². The van der Waals surface area contributed by atoms with Crippen LogP contribution in [-0.2, 0) is 10.0 Å². The van der Waals surface area contributed by atoms with E-state index >= 15 is 0 Å². The Morgan fingerprint density at radius 2 is 2.06 bits per heavy atom. The van der Waals surface area contributed by atoms with Gasteiger partial charge in [-0.2, -0.15) is 4.31 Å². The van der Waals surface area contributed by atoms with Crippen LogP contribution in [0.3, 0.4) is 0 Å². The maximum Gasteiger partial charge on any atom is 0.343 e. The Hall–Kier alpha value is -3.15. The van der Waals surface area contributed by atoms with E-state index < -0.39 is 15.6 Å². The number of hydrogen-bond donors (Lipinski definition) is 1. The van der Waals surface area contributed by atoms with Crippen molar-refractivity contribution >= 4 is 32.3 Å². The second-order valence-electron chi connectivity index (χ2n) is 8.63. The topological polar surface area (TPSA) is 123 Å². The Balaban J connectivity index is 1.31. The summed E-state index contributed by atoms with van der Waals surface area (Å²) >= 11 is 1.12. The van der Waals surface area contributed by atoms with E-state index in [1.165, 1.54) is 22.9 Å². The van der Waals surface area contributed by atoms with E-state index in [2.05, 4.69) is 4.98 Å². The highest BCUT2D eigenvalue weighted by molar-refractivity contribution is 7.91. The molecular formula is C24H24N2O7S2. The number of hydrogen-bond acceptors (Lipinski definition) is 9. The average molecular weight is 517 g/mol.